The second kappa shape index (κ2) is 5.11. The molecule has 104 valence electrons. The third-order valence-corrected chi connectivity index (χ3v) is 3.07. The first-order valence-corrected chi connectivity index (χ1v) is 5.97. The molecular formula is C13H14F3NO2. The van der Waals surface area contributed by atoms with Crippen molar-refractivity contribution in [3.05, 3.63) is 29.8 Å². The average molecular weight is 273 g/mol. The minimum Gasteiger partial charge on any atom is -0.406 e. The molecule has 0 aliphatic heterocycles. The second-order valence-electron chi connectivity index (χ2n) is 4.73. The Morgan fingerprint density at radius 2 is 1.95 bits per heavy atom. The van der Waals surface area contributed by atoms with E-state index in [1.54, 1.807) is 0 Å². The van der Waals surface area contributed by atoms with Crippen molar-refractivity contribution in [1.29, 1.82) is 0 Å². The first-order chi connectivity index (χ1) is 8.85. The molecule has 0 radical (unpaired) electrons. The molecule has 1 aromatic carbocycles. The van der Waals surface area contributed by atoms with E-state index in [2.05, 4.69) is 10.1 Å². The summed E-state index contributed by atoms with van der Waals surface area (Å²) in [5.74, 6) is 0.261. The van der Waals surface area contributed by atoms with Gasteiger partial charge in [0.1, 0.15) is 5.75 Å². The van der Waals surface area contributed by atoms with Crippen LogP contribution < -0.4 is 10.1 Å². The summed E-state index contributed by atoms with van der Waals surface area (Å²) in [4.78, 5) is 11.6. The number of benzene rings is 1. The molecule has 1 saturated carbocycles. The number of hydrogen-bond acceptors (Lipinski definition) is 2. The van der Waals surface area contributed by atoms with Gasteiger partial charge in [0, 0.05) is 12.5 Å². The summed E-state index contributed by atoms with van der Waals surface area (Å²) < 4.78 is 39.6. The molecule has 0 aromatic heterocycles. The fraction of sp³-hybridized carbons (Fsp3) is 0.462. The number of ether oxygens (including phenoxy) is 1. The maximum Gasteiger partial charge on any atom is 0.573 e. The van der Waals surface area contributed by atoms with Crippen molar-refractivity contribution >= 4 is 5.91 Å². The van der Waals surface area contributed by atoms with Gasteiger partial charge in [-0.15, -0.1) is 13.2 Å². The van der Waals surface area contributed by atoms with Gasteiger partial charge in [0.2, 0.25) is 5.91 Å². The van der Waals surface area contributed by atoms with E-state index in [0.717, 1.165) is 12.0 Å². The highest BCUT2D eigenvalue weighted by Gasteiger charge is 2.38. The molecule has 0 heterocycles. The number of hydrogen-bond donors (Lipinski definition) is 1. The Morgan fingerprint density at radius 1 is 1.37 bits per heavy atom. The highest BCUT2D eigenvalue weighted by atomic mass is 19.4. The van der Waals surface area contributed by atoms with Gasteiger partial charge in [-0.3, -0.25) is 4.79 Å². The Labute approximate surface area is 108 Å². The summed E-state index contributed by atoms with van der Waals surface area (Å²) in [6.45, 7) is 2.32. The van der Waals surface area contributed by atoms with Crippen LogP contribution >= 0.6 is 0 Å². The normalized spacial score (nSPS) is 21.9. The molecule has 1 amide bonds. The first kappa shape index (κ1) is 13.7. The number of alkyl halides is 3. The van der Waals surface area contributed by atoms with Crippen LogP contribution in [0.25, 0.3) is 0 Å². The first-order valence-electron chi connectivity index (χ1n) is 5.97. The highest BCUT2D eigenvalue weighted by molar-refractivity contribution is 5.81. The largest absolute Gasteiger partial charge is 0.573 e. The van der Waals surface area contributed by atoms with Crippen LogP contribution in [0.15, 0.2) is 24.3 Å². The molecule has 0 spiro atoms. The molecule has 1 aliphatic carbocycles. The van der Waals surface area contributed by atoms with Gasteiger partial charge in [0.15, 0.2) is 0 Å². The zero-order valence-corrected chi connectivity index (χ0v) is 10.3. The quantitative estimate of drug-likeness (QED) is 0.916. The summed E-state index contributed by atoms with van der Waals surface area (Å²) >= 11 is 0. The van der Waals surface area contributed by atoms with E-state index < -0.39 is 6.36 Å². The van der Waals surface area contributed by atoms with Crippen molar-refractivity contribution in [2.75, 3.05) is 0 Å². The predicted octanol–water partition coefficient (Wildman–Crippen LogP) is 2.86. The number of amides is 1. The summed E-state index contributed by atoms with van der Waals surface area (Å²) in [7, 11) is 0. The van der Waals surface area contributed by atoms with E-state index in [9.17, 15) is 18.0 Å². The summed E-state index contributed by atoms with van der Waals surface area (Å²) in [5.41, 5.74) is 0.733. The lowest BCUT2D eigenvalue weighted by molar-refractivity contribution is -0.274. The molecule has 2 rings (SSSR count). The van der Waals surface area contributed by atoms with Gasteiger partial charge in [-0.05, 0) is 30.0 Å². The SMILES string of the molecule is CC1CC1C(=O)NCc1ccc(OC(F)(F)F)cc1. The van der Waals surface area contributed by atoms with Crippen LogP contribution in [0.1, 0.15) is 18.9 Å². The Hall–Kier alpha value is -1.72. The summed E-state index contributed by atoms with van der Waals surface area (Å²) in [6, 6.07) is 5.46. The molecule has 6 heteroatoms. The molecule has 1 fully saturated rings. The van der Waals surface area contributed by atoms with Crippen molar-refractivity contribution in [1.82, 2.24) is 5.32 Å². The van der Waals surface area contributed by atoms with E-state index in [0.29, 0.717) is 12.5 Å². The van der Waals surface area contributed by atoms with E-state index in [-0.39, 0.29) is 17.6 Å². The lowest BCUT2D eigenvalue weighted by atomic mass is 10.2. The maximum absolute atomic E-state index is 11.9. The molecule has 1 N–H and O–H groups in total. The van der Waals surface area contributed by atoms with Crippen LogP contribution in [0.2, 0.25) is 0 Å². The fourth-order valence-electron chi connectivity index (χ4n) is 1.82. The third-order valence-electron chi connectivity index (χ3n) is 3.07. The second-order valence-corrected chi connectivity index (χ2v) is 4.73. The Balaban J connectivity index is 1.83. The fourth-order valence-corrected chi connectivity index (χ4v) is 1.82. The number of carbonyl (C=O) groups excluding carboxylic acids is 1. The molecule has 3 nitrogen and oxygen atoms in total. The molecule has 1 aromatic rings. The highest BCUT2D eigenvalue weighted by Crippen LogP contribution is 2.37. The van der Waals surface area contributed by atoms with Crippen molar-refractivity contribution in [3.63, 3.8) is 0 Å². The third kappa shape index (κ3) is 4.15. The van der Waals surface area contributed by atoms with E-state index in [1.165, 1.54) is 24.3 Å². The van der Waals surface area contributed by atoms with Gasteiger partial charge in [-0.2, -0.15) is 0 Å². The number of carbonyl (C=O) groups is 1. The molecule has 1 aliphatic rings. The van der Waals surface area contributed by atoms with Crippen LogP contribution in [0.3, 0.4) is 0 Å². The van der Waals surface area contributed by atoms with Gasteiger partial charge in [-0.25, -0.2) is 0 Å². The maximum atomic E-state index is 11.9. The monoisotopic (exact) mass is 273 g/mol. The Morgan fingerprint density at radius 3 is 2.42 bits per heavy atom. The smallest absolute Gasteiger partial charge is 0.406 e. The summed E-state index contributed by atoms with van der Waals surface area (Å²) in [5, 5.41) is 2.76. The van der Waals surface area contributed by atoms with Crippen LogP contribution in [-0.4, -0.2) is 12.3 Å². The number of halogens is 3. The lowest BCUT2D eigenvalue weighted by Crippen LogP contribution is -2.24. The van der Waals surface area contributed by atoms with Crippen LogP contribution in [-0.2, 0) is 11.3 Å². The number of nitrogens with one attached hydrogen (secondary N) is 1. The van der Waals surface area contributed by atoms with Crippen molar-refractivity contribution < 1.29 is 22.7 Å². The molecule has 19 heavy (non-hydrogen) atoms. The van der Waals surface area contributed by atoms with Crippen molar-refractivity contribution in [3.8, 4) is 5.75 Å². The zero-order chi connectivity index (χ0) is 14.0. The predicted molar refractivity (Wildman–Crippen MR) is 62.2 cm³/mol. The Kier molecular flexibility index (Phi) is 3.68. The van der Waals surface area contributed by atoms with E-state index >= 15 is 0 Å². The van der Waals surface area contributed by atoms with Crippen LogP contribution in [0.4, 0.5) is 13.2 Å². The van der Waals surface area contributed by atoms with Gasteiger partial charge in [0.05, 0.1) is 0 Å². The van der Waals surface area contributed by atoms with Gasteiger partial charge < -0.3 is 10.1 Å². The molecular weight excluding hydrogens is 259 g/mol. The Bertz CT molecular complexity index is 456. The van der Waals surface area contributed by atoms with Crippen LogP contribution in [0.5, 0.6) is 5.75 Å². The number of rotatable bonds is 4. The zero-order valence-electron chi connectivity index (χ0n) is 10.3. The van der Waals surface area contributed by atoms with E-state index in [1.807, 2.05) is 6.92 Å². The van der Waals surface area contributed by atoms with E-state index in [4.69, 9.17) is 0 Å². The van der Waals surface area contributed by atoms with Gasteiger partial charge in [0.25, 0.3) is 0 Å². The van der Waals surface area contributed by atoms with Gasteiger partial charge in [-0.1, -0.05) is 19.1 Å². The molecule has 2 unspecified atom stereocenters. The van der Waals surface area contributed by atoms with Crippen molar-refractivity contribution in [2.24, 2.45) is 11.8 Å². The average Bonchev–Trinajstić information content (AvgIpc) is 3.03. The van der Waals surface area contributed by atoms with Crippen molar-refractivity contribution in [2.45, 2.75) is 26.3 Å². The minimum atomic E-state index is -4.68. The summed E-state index contributed by atoms with van der Waals surface area (Å²) in [6.07, 6.45) is -3.78. The lowest BCUT2D eigenvalue weighted by Gasteiger charge is -2.09. The van der Waals surface area contributed by atoms with Crippen LogP contribution in [0, 0.1) is 11.8 Å². The standard InChI is InChI=1S/C13H14F3NO2/c1-8-6-11(8)12(18)17-7-9-2-4-10(5-3-9)19-13(14,15)16/h2-5,8,11H,6-7H2,1H3,(H,17,18). The molecule has 0 bridgehead atoms. The molecule has 2 atom stereocenters. The minimum absolute atomic E-state index is 0.00289. The molecule has 0 saturated heterocycles. The van der Waals surface area contributed by atoms with Gasteiger partial charge >= 0.3 is 6.36 Å². The topological polar surface area (TPSA) is 38.3 Å².